The normalized spacial score (nSPS) is 18.7. The van der Waals surface area contributed by atoms with Crippen LogP contribution in [0.3, 0.4) is 0 Å². The Morgan fingerprint density at radius 3 is 2.59 bits per heavy atom. The van der Waals surface area contributed by atoms with E-state index >= 15 is 0 Å². The molecule has 1 aliphatic carbocycles. The average Bonchev–Trinajstić information content (AvgIpc) is 3.54. The van der Waals surface area contributed by atoms with Crippen molar-refractivity contribution in [2.75, 3.05) is 53.0 Å². The van der Waals surface area contributed by atoms with E-state index in [0.29, 0.717) is 0 Å². The molecule has 1 aromatic rings. The molecule has 1 aliphatic heterocycles. The van der Waals surface area contributed by atoms with Crippen LogP contribution in [0.4, 0.5) is 0 Å². The number of hydrogen-bond acceptors (Lipinski definition) is 4. The second-order valence-electron chi connectivity index (χ2n) is 7.37. The fraction of sp³-hybridized carbons (Fsp3) is 0.667. The molecule has 0 spiro atoms. The zero-order valence-electron chi connectivity index (χ0n) is 16.9. The van der Waals surface area contributed by atoms with Gasteiger partial charge in [0.1, 0.15) is 0 Å². The lowest BCUT2D eigenvalue weighted by molar-refractivity contribution is 0.0341. The maximum atomic E-state index is 5.46. The van der Waals surface area contributed by atoms with E-state index < -0.39 is 0 Å². The minimum absolute atomic E-state index is 0.792. The molecule has 0 bridgehead atoms. The molecule has 2 aliphatic rings. The standard InChI is InChI=1S/C21H35N5O/c1-3-26(20-8-9-20)11-10-23-21(22-2)24-16-18-6-4-5-7-19(18)17-25-12-14-27-15-13-25/h4-7,20H,3,8-17H2,1-2H3,(H2,22,23,24). The molecule has 150 valence electrons. The molecule has 0 unspecified atom stereocenters. The van der Waals surface area contributed by atoms with E-state index in [1.165, 1.54) is 24.0 Å². The predicted octanol–water partition coefficient (Wildman–Crippen LogP) is 1.67. The Labute approximate surface area is 164 Å². The molecular formula is C21H35N5O. The van der Waals surface area contributed by atoms with Crippen LogP contribution in [0.5, 0.6) is 0 Å². The molecule has 27 heavy (non-hydrogen) atoms. The van der Waals surface area contributed by atoms with Crippen LogP contribution in [0.15, 0.2) is 29.3 Å². The van der Waals surface area contributed by atoms with E-state index in [2.05, 4.69) is 56.6 Å². The van der Waals surface area contributed by atoms with Crippen molar-refractivity contribution < 1.29 is 4.74 Å². The summed E-state index contributed by atoms with van der Waals surface area (Å²) in [5, 5.41) is 6.94. The molecule has 3 rings (SSSR count). The van der Waals surface area contributed by atoms with Gasteiger partial charge in [0.25, 0.3) is 0 Å². The van der Waals surface area contributed by atoms with Gasteiger partial charge in [0, 0.05) is 52.4 Å². The lowest BCUT2D eigenvalue weighted by Gasteiger charge is -2.27. The van der Waals surface area contributed by atoms with Gasteiger partial charge in [-0.3, -0.25) is 14.8 Å². The molecule has 1 saturated heterocycles. The first-order chi connectivity index (χ1) is 13.3. The van der Waals surface area contributed by atoms with Crippen molar-refractivity contribution in [3.8, 4) is 0 Å². The van der Waals surface area contributed by atoms with Crippen molar-refractivity contribution in [3.05, 3.63) is 35.4 Å². The quantitative estimate of drug-likeness (QED) is 0.509. The van der Waals surface area contributed by atoms with Gasteiger partial charge in [-0.15, -0.1) is 0 Å². The molecule has 1 heterocycles. The third kappa shape index (κ3) is 6.48. The van der Waals surface area contributed by atoms with Gasteiger partial charge in [0.2, 0.25) is 0 Å². The van der Waals surface area contributed by atoms with Crippen LogP contribution >= 0.6 is 0 Å². The Hall–Kier alpha value is -1.63. The highest BCUT2D eigenvalue weighted by molar-refractivity contribution is 5.79. The Morgan fingerprint density at radius 2 is 1.93 bits per heavy atom. The lowest BCUT2D eigenvalue weighted by atomic mass is 10.1. The first-order valence-corrected chi connectivity index (χ1v) is 10.4. The maximum absolute atomic E-state index is 5.46. The van der Waals surface area contributed by atoms with E-state index in [0.717, 1.165) is 71.0 Å². The highest BCUT2D eigenvalue weighted by atomic mass is 16.5. The number of nitrogens with zero attached hydrogens (tertiary/aromatic N) is 3. The monoisotopic (exact) mass is 373 g/mol. The van der Waals surface area contributed by atoms with E-state index in [9.17, 15) is 0 Å². The number of ether oxygens (including phenoxy) is 1. The average molecular weight is 374 g/mol. The van der Waals surface area contributed by atoms with Gasteiger partial charge < -0.3 is 15.4 Å². The van der Waals surface area contributed by atoms with Crippen molar-refractivity contribution >= 4 is 5.96 Å². The van der Waals surface area contributed by atoms with Crippen LogP contribution in [-0.2, 0) is 17.8 Å². The fourth-order valence-electron chi connectivity index (χ4n) is 3.64. The summed E-state index contributed by atoms with van der Waals surface area (Å²) in [5.74, 6) is 0.878. The van der Waals surface area contributed by atoms with Gasteiger partial charge >= 0.3 is 0 Å². The fourth-order valence-corrected chi connectivity index (χ4v) is 3.64. The molecule has 0 amide bonds. The smallest absolute Gasteiger partial charge is 0.191 e. The van der Waals surface area contributed by atoms with Gasteiger partial charge in [-0.25, -0.2) is 0 Å². The summed E-state index contributed by atoms with van der Waals surface area (Å²) in [4.78, 5) is 9.40. The largest absolute Gasteiger partial charge is 0.379 e. The van der Waals surface area contributed by atoms with Crippen LogP contribution < -0.4 is 10.6 Å². The molecule has 0 radical (unpaired) electrons. The SMILES string of the molecule is CCN(CCNC(=NC)NCc1ccccc1CN1CCOCC1)C1CC1. The van der Waals surface area contributed by atoms with E-state index in [4.69, 9.17) is 4.74 Å². The summed E-state index contributed by atoms with van der Waals surface area (Å²) in [6.07, 6.45) is 2.72. The summed E-state index contributed by atoms with van der Waals surface area (Å²) in [6.45, 7) is 10.9. The molecule has 0 atom stereocenters. The topological polar surface area (TPSA) is 52.1 Å². The highest BCUT2D eigenvalue weighted by Gasteiger charge is 2.27. The van der Waals surface area contributed by atoms with Crippen molar-refractivity contribution in [3.63, 3.8) is 0 Å². The number of rotatable bonds is 9. The zero-order chi connectivity index (χ0) is 18.9. The van der Waals surface area contributed by atoms with Crippen molar-refractivity contribution in [1.29, 1.82) is 0 Å². The second-order valence-corrected chi connectivity index (χ2v) is 7.37. The van der Waals surface area contributed by atoms with E-state index in [1.54, 1.807) is 0 Å². The molecule has 0 aromatic heterocycles. The van der Waals surface area contributed by atoms with Crippen molar-refractivity contribution in [1.82, 2.24) is 20.4 Å². The summed E-state index contributed by atoms with van der Waals surface area (Å²) >= 11 is 0. The second kappa shape index (κ2) is 10.6. The molecular weight excluding hydrogens is 338 g/mol. The maximum Gasteiger partial charge on any atom is 0.191 e. The van der Waals surface area contributed by atoms with Crippen molar-refractivity contribution in [2.24, 2.45) is 4.99 Å². The molecule has 1 saturated carbocycles. The highest BCUT2D eigenvalue weighted by Crippen LogP contribution is 2.25. The summed E-state index contributed by atoms with van der Waals surface area (Å²) in [7, 11) is 1.84. The van der Waals surface area contributed by atoms with E-state index in [-0.39, 0.29) is 0 Å². The number of guanidine groups is 1. The number of morpholine rings is 1. The van der Waals surface area contributed by atoms with E-state index in [1.807, 2.05) is 7.05 Å². The zero-order valence-corrected chi connectivity index (χ0v) is 16.9. The summed E-state index contributed by atoms with van der Waals surface area (Å²) in [5.41, 5.74) is 2.72. The van der Waals surface area contributed by atoms with Gasteiger partial charge in [0.05, 0.1) is 13.2 Å². The van der Waals surface area contributed by atoms with Gasteiger partial charge in [0.15, 0.2) is 5.96 Å². The third-order valence-electron chi connectivity index (χ3n) is 5.45. The molecule has 6 nitrogen and oxygen atoms in total. The van der Waals surface area contributed by atoms with Crippen LogP contribution in [0.25, 0.3) is 0 Å². The minimum Gasteiger partial charge on any atom is -0.379 e. The lowest BCUT2D eigenvalue weighted by Crippen LogP contribution is -2.42. The first-order valence-electron chi connectivity index (χ1n) is 10.4. The van der Waals surface area contributed by atoms with Crippen molar-refractivity contribution in [2.45, 2.75) is 38.9 Å². The van der Waals surface area contributed by atoms with Gasteiger partial charge in [-0.2, -0.15) is 0 Å². The number of hydrogen-bond donors (Lipinski definition) is 2. The summed E-state index contributed by atoms with van der Waals surface area (Å²) < 4.78 is 5.46. The minimum atomic E-state index is 0.792. The Morgan fingerprint density at radius 1 is 1.19 bits per heavy atom. The van der Waals surface area contributed by atoms with Gasteiger partial charge in [-0.05, 0) is 30.5 Å². The van der Waals surface area contributed by atoms with Gasteiger partial charge in [-0.1, -0.05) is 31.2 Å². The van der Waals surface area contributed by atoms with Crippen LogP contribution in [0.2, 0.25) is 0 Å². The van der Waals surface area contributed by atoms with Crippen LogP contribution in [0.1, 0.15) is 30.9 Å². The van der Waals surface area contributed by atoms with Crippen LogP contribution in [0, 0.1) is 0 Å². The number of likely N-dealkylation sites (N-methyl/N-ethyl adjacent to an activating group) is 1. The van der Waals surface area contributed by atoms with Crippen LogP contribution in [-0.4, -0.2) is 74.8 Å². The predicted molar refractivity (Wildman–Crippen MR) is 111 cm³/mol. The third-order valence-corrected chi connectivity index (χ3v) is 5.45. The molecule has 1 aromatic carbocycles. The Kier molecular flexibility index (Phi) is 7.93. The Bertz CT molecular complexity index is 596. The number of benzene rings is 1. The Balaban J connectivity index is 1.46. The molecule has 2 N–H and O–H groups in total. The number of aliphatic imine (C=N–C) groups is 1. The summed E-state index contributed by atoms with van der Waals surface area (Å²) in [6, 6.07) is 9.51. The number of nitrogens with one attached hydrogen (secondary N) is 2. The molecule has 6 heteroatoms. The first kappa shape index (κ1) is 20.1. The molecule has 2 fully saturated rings.